The molecule has 0 radical (unpaired) electrons. The van der Waals surface area contributed by atoms with Crippen molar-refractivity contribution in [3.05, 3.63) is 68.6 Å². The van der Waals surface area contributed by atoms with E-state index in [2.05, 4.69) is 5.32 Å². The summed E-state index contributed by atoms with van der Waals surface area (Å²) in [5.74, 6) is -0.998. The van der Waals surface area contributed by atoms with E-state index in [9.17, 15) is 22.8 Å². The van der Waals surface area contributed by atoms with Gasteiger partial charge in [0, 0.05) is 31.2 Å². The predicted octanol–water partition coefficient (Wildman–Crippen LogP) is 1.46. The average Bonchev–Trinajstić information content (AvgIpc) is 3.59. The summed E-state index contributed by atoms with van der Waals surface area (Å²) in [5, 5.41) is 3.02. The van der Waals surface area contributed by atoms with E-state index in [1.807, 2.05) is 0 Å². The number of hydrogen-bond acceptors (Lipinski definition) is 5. The second-order valence-corrected chi connectivity index (χ2v) is 10.6. The van der Waals surface area contributed by atoms with Crippen molar-refractivity contribution in [3.8, 4) is 0 Å². The van der Waals surface area contributed by atoms with Gasteiger partial charge in [-0.1, -0.05) is 23.7 Å². The molecule has 1 aromatic carbocycles. The zero-order valence-corrected chi connectivity index (χ0v) is 18.3. The number of hydrogen-bond donors (Lipinski definition) is 1. The second-order valence-electron chi connectivity index (χ2n) is 7.76. The van der Waals surface area contributed by atoms with Crippen LogP contribution in [0, 0.1) is 0 Å². The number of sulfone groups is 1. The van der Waals surface area contributed by atoms with Crippen LogP contribution in [0.1, 0.15) is 39.3 Å². The summed E-state index contributed by atoms with van der Waals surface area (Å²) in [6.45, 7) is 0.776. The van der Waals surface area contributed by atoms with Crippen LogP contribution in [0.4, 0.5) is 0 Å². The molecule has 0 unspecified atom stereocenters. The first-order chi connectivity index (χ1) is 14.8. The van der Waals surface area contributed by atoms with Gasteiger partial charge in [0.1, 0.15) is 11.3 Å². The van der Waals surface area contributed by atoms with Crippen LogP contribution in [0.15, 0.2) is 41.2 Å². The fourth-order valence-corrected chi connectivity index (χ4v) is 5.36. The van der Waals surface area contributed by atoms with E-state index in [1.54, 1.807) is 24.3 Å². The molecule has 0 bridgehead atoms. The number of carbonyl (C=O) groups excluding carboxylic acids is 2. The van der Waals surface area contributed by atoms with Crippen molar-refractivity contribution in [1.29, 1.82) is 0 Å². The van der Waals surface area contributed by atoms with Gasteiger partial charge in [0.2, 0.25) is 0 Å². The molecule has 2 amide bonds. The summed E-state index contributed by atoms with van der Waals surface area (Å²) >= 11 is 5.85. The lowest BCUT2D eigenvalue weighted by atomic mass is 10.1. The smallest absolute Gasteiger partial charge is 0.270 e. The molecular weight excluding hydrogens is 442 g/mol. The summed E-state index contributed by atoms with van der Waals surface area (Å²) in [6, 6.07) is 9.77. The number of amides is 2. The van der Waals surface area contributed by atoms with Crippen LogP contribution in [0.2, 0.25) is 5.02 Å². The Labute approximate surface area is 184 Å². The maximum Gasteiger partial charge on any atom is 0.270 e. The highest BCUT2D eigenvalue weighted by Crippen LogP contribution is 2.29. The molecule has 1 saturated carbocycles. The predicted molar refractivity (Wildman–Crippen MR) is 116 cm³/mol. The number of nitrogens with zero attached hydrogens (tertiary/aromatic N) is 2. The zero-order valence-electron chi connectivity index (χ0n) is 16.7. The molecule has 1 aromatic heterocycles. The SMILES string of the molecule is O=C(NCc1ccc(Cl)cc1)c1ccc2n(c1=O)CCN(CCS(=O)(=O)C1CC1)C2=O. The van der Waals surface area contributed by atoms with Crippen molar-refractivity contribution in [2.24, 2.45) is 0 Å². The highest BCUT2D eigenvalue weighted by Gasteiger charge is 2.36. The van der Waals surface area contributed by atoms with Crippen LogP contribution in [0.3, 0.4) is 0 Å². The minimum absolute atomic E-state index is 0.0460. The lowest BCUT2D eigenvalue weighted by Gasteiger charge is -2.29. The van der Waals surface area contributed by atoms with Crippen molar-refractivity contribution in [1.82, 2.24) is 14.8 Å². The molecule has 0 spiro atoms. The van der Waals surface area contributed by atoms with Gasteiger partial charge in [-0.15, -0.1) is 0 Å². The fraction of sp³-hybridized carbons (Fsp3) is 0.381. The molecular formula is C21H22ClN3O5S. The Morgan fingerprint density at radius 1 is 1.06 bits per heavy atom. The Hall–Kier alpha value is -2.65. The largest absolute Gasteiger partial charge is 0.348 e. The fourth-order valence-electron chi connectivity index (χ4n) is 3.57. The monoisotopic (exact) mass is 463 g/mol. The van der Waals surface area contributed by atoms with Gasteiger partial charge in [0.25, 0.3) is 17.4 Å². The number of nitrogens with one attached hydrogen (secondary N) is 1. The van der Waals surface area contributed by atoms with Crippen molar-refractivity contribution in [2.45, 2.75) is 31.2 Å². The number of carbonyl (C=O) groups is 2. The molecule has 2 aliphatic rings. The molecule has 10 heteroatoms. The van der Waals surface area contributed by atoms with E-state index >= 15 is 0 Å². The lowest BCUT2D eigenvalue weighted by molar-refractivity contribution is 0.0710. The molecule has 4 rings (SSSR count). The highest BCUT2D eigenvalue weighted by molar-refractivity contribution is 7.92. The summed E-state index contributed by atoms with van der Waals surface area (Å²) < 4.78 is 25.5. The number of benzene rings is 1. The molecule has 1 aliphatic carbocycles. The quantitative estimate of drug-likeness (QED) is 0.669. The van der Waals surface area contributed by atoms with Gasteiger partial charge in [-0.25, -0.2) is 8.42 Å². The maximum absolute atomic E-state index is 12.8. The molecule has 0 atom stereocenters. The molecule has 2 heterocycles. The van der Waals surface area contributed by atoms with Crippen molar-refractivity contribution < 1.29 is 18.0 Å². The Morgan fingerprint density at radius 3 is 2.45 bits per heavy atom. The van der Waals surface area contributed by atoms with Gasteiger partial charge in [-0.05, 0) is 42.7 Å². The van der Waals surface area contributed by atoms with E-state index in [-0.39, 0.29) is 48.4 Å². The van der Waals surface area contributed by atoms with Crippen molar-refractivity contribution >= 4 is 33.3 Å². The van der Waals surface area contributed by atoms with E-state index < -0.39 is 27.2 Å². The molecule has 164 valence electrons. The minimum atomic E-state index is -3.17. The highest BCUT2D eigenvalue weighted by atomic mass is 35.5. The Kier molecular flexibility index (Phi) is 5.90. The van der Waals surface area contributed by atoms with Crippen LogP contribution < -0.4 is 10.9 Å². The number of halogens is 1. The Bertz CT molecular complexity index is 1190. The van der Waals surface area contributed by atoms with Crippen LogP contribution in [-0.4, -0.2) is 53.8 Å². The standard InChI is InChI=1S/C21H22ClN3O5S/c22-15-3-1-14(2-4-15)13-23-19(26)17-7-8-18-21(28)24(9-10-25(18)20(17)27)11-12-31(29,30)16-5-6-16/h1-4,7-8,16H,5-6,9-13H2,(H,23,26). The summed E-state index contributed by atoms with van der Waals surface area (Å²) in [7, 11) is -3.17. The summed E-state index contributed by atoms with van der Waals surface area (Å²) in [4.78, 5) is 39.5. The number of fused-ring (bicyclic) bond motifs is 1. The molecule has 2 aromatic rings. The van der Waals surface area contributed by atoms with E-state index in [4.69, 9.17) is 11.6 Å². The summed E-state index contributed by atoms with van der Waals surface area (Å²) in [6.07, 6.45) is 1.38. The minimum Gasteiger partial charge on any atom is -0.348 e. The average molecular weight is 464 g/mol. The van der Waals surface area contributed by atoms with E-state index in [1.165, 1.54) is 21.6 Å². The van der Waals surface area contributed by atoms with Gasteiger partial charge < -0.3 is 14.8 Å². The number of aromatic nitrogens is 1. The van der Waals surface area contributed by atoms with Gasteiger partial charge >= 0.3 is 0 Å². The maximum atomic E-state index is 12.8. The van der Waals surface area contributed by atoms with Crippen LogP contribution >= 0.6 is 11.6 Å². The molecule has 1 fully saturated rings. The van der Waals surface area contributed by atoms with Crippen LogP contribution in [0.5, 0.6) is 0 Å². The molecule has 31 heavy (non-hydrogen) atoms. The van der Waals surface area contributed by atoms with Crippen molar-refractivity contribution in [2.75, 3.05) is 18.8 Å². The van der Waals surface area contributed by atoms with Gasteiger partial charge in [-0.2, -0.15) is 0 Å². The first-order valence-electron chi connectivity index (χ1n) is 10.0. The molecule has 0 saturated heterocycles. The summed E-state index contributed by atoms with van der Waals surface area (Å²) in [5.41, 5.74) is 0.414. The second kappa shape index (κ2) is 8.47. The van der Waals surface area contributed by atoms with E-state index in [0.717, 1.165) is 5.56 Å². The third kappa shape index (κ3) is 4.67. The normalized spacial score (nSPS) is 16.2. The lowest BCUT2D eigenvalue weighted by Crippen LogP contribution is -2.47. The van der Waals surface area contributed by atoms with Crippen LogP contribution in [0.25, 0.3) is 0 Å². The van der Waals surface area contributed by atoms with Crippen molar-refractivity contribution in [3.63, 3.8) is 0 Å². The zero-order chi connectivity index (χ0) is 22.2. The topological polar surface area (TPSA) is 106 Å². The number of rotatable bonds is 7. The third-order valence-corrected chi connectivity index (χ3v) is 8.05. The third-order valence-electron chi connectivity index (χ3n) is 5.56. The van der Waals surface area contributed by atoms with E-state index in [0.29, 0.717) is 17.9 Å². The van der Waals surface area contributed by atoms with Gasteiger partial charge in [0.05, 0.1) is 11.0 Å². The number of pyridine rings is 1. The van der Waals surface area contributed by atoms with Crippen LogP contribution in [-0.2, 0) is 22.9 Å². The Morgan fingerprint density at radius 2 is 1.77 bits per heavy atom. The molecule has 8 nitrogen and oxygen atoms in total. The molecule has 1 aliphatic heterocycles. The van der Waals surface area contributed by atoms with Gasteiger partial charge in [-0.3, -0.25) is 14.4 Å². The van der Waals surface area contributed by atoms with Gasteiger partial charge in [0.15, 0.2) is 9.84 Å². The first-order valence-corrected chi connectivity index (χ1v) is 12.1. The first kappa shape index (κ1) is 21.6. The Balaban J connectivity index is 1.44. The molecule has 1 N–H and O–H groups in total.